The summed E-state index contributed by atoms with van der Waals surface area (Å²) in [5, 5.41) is 5.71. The molecule has 0 N–H and O–H groups in total. The number of rotatable bonds is 7. The highest BCUT2D eigenvalue weighted by Crippen LogP contribution is 2.33. The average molecular weight is 454 g/mol. The van der Waals surface area contributed by atoms with Gasteiger partial charge >= 0.3 is 0 Å². The molecule has 0 bridgehead atoms. The minimum Gasteiger partial charge on any atom is -0.309 e. The lowest BCUT2D eigenvalue weighted by atomic mass is 10.2. The van der Waals surface area contributed by atoms with E-state index in [-0.39, 0.29) is 5.91 Å². The summed E-state index contributed by atoms with van der Waals surface area (Å²) >= 11 is 7.81. The number of hydrogen-bond donors (Lipinski definition) is 0. The molecule has 8 heteroatoms. The number of para-hydroxylation sites is 2. The fourth-order valence-corrected chi connectivity index (χ4v) is 4.73. The highest BCUT2D eigenvalue weighted by Gasteiger charge is 2.25. The molecule has 2 aromatic carbocycles. The van der Waals surface area contributed by atoms with Crippen molar-refractivity contribution in [3.8, 4) is 5.69 Å². The molecule has 0 aliphatic rings. The Hall–Kier alpha value is -2.74. The number of carbonyl (C=O) groups excluding carboxylic acids is 1. The van der Waals surface area contributed by atoms with Crippen LogP contribution in [0, 0.1) is 6.92 Å². The lowest BCUT2D eigenvalue weighted by Gasteiger charge is -2.21. The van der Waals surface area contributed by atoms with E-state index in [2.05, 4.69) is 10.00 Å². The first-order valence-corrected chi connectivity index (χ1v) is 11.3. The van der Waals surface area contributed by atoms with E-state index in [1.807, 2.05) is 69.6 Å². The van der Waals surface area contributed by atoms with Gasteiger partial charge in [0.25, 0.3) is 5.91 Å². The second-order valence-electron chi connectivity index (χ2n) is 7.59. The van der Waals surface area contributed by atoms with Gasteiger partial charge < -0.3 is 4.90 Å². The van der Waals surface area contributed by atoms with Crippen LogP contribution in [0.15, 0.2) is 54.7 Å². The second-order valence-corrected chi connectivity index (χ2v) is 9.00. The number of halogens is 1. The first-order chi connectivity index (χ1) is 15.0. The molecular weight excluding hydrogens is 430 g/mol. The number of carbonyl (C=O) groups is 1. The predicted octanol–water partition coefficient (Wildman–Crippen LogP) is 5.04. The van der Waals surface area contributed by atoms with Gasteiger partial charge in [0.2, 0.25) is 0 Å². The van der Waals surface area contributed by atoms with Gasteiger partial charge in [-0.1, -0.05) is 47.2 Å². The van der Waals surface area contributed by atoms with E-state index in [0.717, 1.165) is 34.6 Å². The largest absolute Gasteiger partial charge is 0.309 e. The predicted molar refractivity (Wildman–Crippen MR) is 128 cm³/mol. The molecule has 0 saturated carbocycles. The monoisotopic (exact) mass is 453 g/mol. The van der Waals surface area contributed by atoms with Gasteiger partial charge in [-0.05, 0) is 58.3 Å². The second kappa shape index (κ2) is 9.18. The van der Waals surface area contributed by atoms with Crippen LogP contribution >= 0.6 is 22.9 Å². The topological polar surface area (TPSA) is 54.3 Å². The van der Waals surface area contributed by atoms with Crippen molar-refractivity contribution < 1.29 is 4.79 Å². The molecule has 0 radical (unpaired) electrons. The van der Waals surface area contributed by atoms with Crippen LogP contribution in [0.4, 0.5) is 5.13 Å². The van der Waals surface area contributed by atoms with Crippen molar-refractivity contribution in [2.45, 2.75) is 13.3 Å². The summed E-state index contributed by atoms with van der Waals surface area (Å²) < 4.78 is 2.75. The van der Waals surface area contributed by atoms with Crippen LogP contribution in [0.1, 0.15) is 22.5 Å². The molecule has 2 aromatic heterocycles. The van der Waals surface area contributed by atoms with Crippen LogP contribution in [-0.4, -0.2) is 52.8 Å². The van der Waals surface area contributed by atoms with E-state index >= 15 is 0 Å². The minimum atomic E-state index is -0.103. The van der Waals surface area contributed by atoms with Crippen molar-refractivity contribution in [2.24, 2.45) is 0 Å². The molecule has 0 spiro atoms. The third kappa shape index (κ3) is 4.49. The highest BCUT2D eigenvalue weighted by molar-refractivity contribution is 7.22. The van der Waals surface area contributed by atoms with Crippen molar-refractivity contribution in [1.82, 2.24) is 19.7 Å². The maximum atomic E-state index is 13.6. The van der Waals surface area contributed by atoms with Gasteiger partial charge in [-0.3, -0.25) is 9.69 Å². The van der Waals surface area contributed by atoms with E-state index in [0.29, 0.717) is 22.3 Å². The number of fused-ring (bicyclic) bond motifs is 1. The fraction of sp³-hybridized carbons (Fsp3) is 0.261. The summed E-state index contributed by atoms with van der Waals surface area (Å²) in [5.74, 6) is -0.103. The number of thiazole rings is 1. The molecule has 31 heavy (non-hydrogen) atoms. The Bertz CT molecular complexity index is 1200. The maximum Gasteiger partial charge on any atom is 0.263 e. The van der Waals surface area contributed by atoms with Gasteiger partial charge in [0.05, 0.1) is 32.9 Å². The van der Waals surface area contributed by atoms with Crippen LogP contribution in [-0.2, 0) is 0 Å². The van der Waals surface area contributed by atoms with Crippen LogP contribution in [0.2, 0.25) is 5.02 Å². The lowest BCUT2D eigenvalue weighted by molar-refractivity contribution is 0.0985. The smallest absolute Gasteiger partial charge is 0.263 e. The Labute approximate surface area is 190 Å². The SMILES string of the molecule is Cc1c(C(=O)N(CCCN(C)C)c2nc3c(Cl)cccc3s2)cnn1-c1ccccc1. The quantitative estimate of drug-likeness (QED) is 0.393. The van der Waals surface area contributed by atoms with E-state index in [1.165, 1.54) is 11.3 Å². The summed E-state index contributed by atoms with van der Waals surface area (Å²) in [6.45, 7) is 3.35. The van der Waals surface area contributed by atoms with Gasteiger partial charge in [0.15, 0.2) is 5.13 Å². The molecule has 4 rings (SSSR count). The van der Waals surface area contributed by atoms with Crippen molar-refractivity contribution in [3.05, 3.63) is 71.0 Å². The molecule has 4 aromatic rings. The molecule has 0 saturated heterocycles. The van der Waals surface area contributed by atoms with E-state index in [9.17, 15) is 4.79 Å². The number of nitrogens with zero attached hydrogens (tertiary/aromatic N) is 5. The van der Waals surface area contributed by atoms with E-state index in [1.54, 1.807) is 15.8 Å². The summed E-state index contributed by atoms with van der Waals surface area (Å²) in [6, 6.07) is 15.5. The molecule has 2 heterocycles. The molecule has 160 valence electrons. The molecule has 0 atom stereocenters. The average Bonchev–Trinajstić information content (AvgIpc) is 3.36. The number of aromatic nitrogens is 3. The van der Waals surface area contributed by atoms with Crippen molar-refractivity contribution in [1.29, 1.82) is 0 Å². The molecule has 1 amide bonds. The first-order valence-electron chi connectivity index (χ1n) is 10.1. The molecule has 6 nitrogen and oxygen atoms in total. The Kier molecular flexibility index (Phi) is 6.36. The zero-order valence-corrected chi connectivity index (χ0v) is 19.3. The summed E-state index contributed by atoms with van der Waals surface area (Å²) in [6.07, 6.45) is 2.47. The Morgan fingerprint density at radius 3 is 2.58 bits per heavy atom. The highest BCUT2D eigenvalue weighted by atomic mass is 35.5. The van der Waals surface area contributed by atoms with Crippen molar-refractivity contribution in [3.63, 3.8) is 0 Å². The van der Waals surface area contributed by atoms with Crippen LogP contribution in [0.3, 0.4) is 0 Å². The summed E-state index contributed by atoms with van der Waals surface area (Å²) in [7, 11) is 4.05. The van der Waals surface area contributed by atoms with Gasteiger partial charge in [-0.25, -0.2) is 9.67 Å². The van der Waals surface area contributed by atoms with Gasteiger partial charge in [0, 0.05) is 6.54 Å². The van der Waals surface area contributed by atoms with Gasteiger partial charge in [-0.15, -0.1) is 0 Å². The third-order valence-corrected chi connectivity index (χ3v) is 6.41. The number of benzene rings is 2. The molecule has 0 unspecified atom stereocenters. The van der Waals surface area contributed by atoms with Gasteiger partial charge in [-0.2, -0.15) is 5.10 Å². The van der Waals surface area contributed by atoms with Crippen LogP contribution in [0.25, 0.3) is 15.9 Å². The number of anilines is 1. The number of hydrogen-bond acceptors (Lipinski definition) is 5. The molecule has 0 aliphatic carbocycles. The Morgan fingerprint density at radius 2 is 1.87 bits per heavy atom. The van der Waals surface area contributed by atoms with Crippen molar-refractivity contribution in [2.75, 3.05) is 32.1 Å². The zero-order valence-electron chi connectivity index (χ0n) is 17.7. The van der Waals surface area contributed by atoms with Crippen molar-refractivity contribution >= 4 is 44.2 Å². The lowest BCUT2D eigenvalue weighted by Crippen LogP contribution is -2.33. The third-order valence-electron chi connectivity index (χ3n) is 5.06. The zero-order chi connectivity index (χ0) is 22.0. The van der Waals surface area contributed by atoms with Crippen LogP contribution < -0.4 is 4.90 Å². The Morgan fingerprint density at radius 1 is 1.10 bits per heavy atom. The van der Waals surface area contributed by atoms with E-state index in [4.69, 9.17) is 16.6 Å². The molecule has 0 aliphatic heterocycles. The standard InChI is InChI=1S/C23H24ClN5OS/c1-16-18(15-25-29(16)17-9-5-4-6-10-17)22(30)28(14-8-13-27(2)3)23-26-21-19(24)11-7-12-20(21)31-23/h4-7,9-12,15H,8,13-14H2,1-3H3. The van der Waals surface area contributed by atoms with Crippen LogP contribution in [0.5, 0.6) is 0 Å². The minimum absolute atomic E-state index is 0.103. The number of amides is 1. The maximum absolute atomic E-state index is 13.6. The van der Waals surface area contributed by atoms with Gasteiger partial charge in [0.1, 0.15) is 5.52 Å². The molecule has 0 fully saturated rings. The fourth-order valence-electron chi connectivity index (χ4n) is 3.44. The first kappa shape index (κ1) is 21.5. The normalized spacial score (nSPS) is 11.4. The summed E-state index contributed by atoms with van der Waals surface area (Å²) in [5.41, 5.74) is 3.02. The molecular formula is C23H24ClN5OS. The van der Waals surface area contributed by atoms with E-state index < -0.39 is 0 Å². The Balaban J connectivity index is 1.70. The summed E-state index contributed by atoms with van der Waals surface area (Å²) in [4.78, 5) is 22.2.